The number of nitrogens with two attached hydrogens (primary N) is 1. The molecule has 3 N–H and O–H groups in total. The summed E-state index contributed by atoms with van der Waals surface area (Å²) in [5.41, 5.74) is 7.69. The Hall–Kier alpha value is -1.14. The van der Waals surface area contributed by atoms with Crippen LogP contribution in [0.4, 0.5) is 17.3 Å². The summed E-state index contributed by atoms with van der Waals surface area (Å²) in [6.45, 7) is 3.91. The van der Waals surface area contributed by atoms with Crippen molar-refractivity contribution in [2.24, 2.45) is 0 Å². The van der Waals surface area contributed by atoms with Crippen molar-refractivity contribution in [2.75, 3.05) is 11.1 Å². The molecule has 19 heavy (non-hydrogen) atoms. The van der Waals surface area contributed by atoms with Gasteiger partial charge in [-0.3, -0.25) is 0 Å². The molecule has 2 rings (SSSR count). The lowest BCUT2D eigenvalue weighted by Crippen LogP contribution is -2.06. The lowest BCUT2D eigenvalue weighted by Gasteiger charge is -2.13. The molecule has 0 aliphatic rings. The van der Waals surface area contributed by atoms with E-state index in [1.54, 1.807) is 0 Å². The Labute approximate surface area is 129 Å². The van der Waals surface area contributed by atoms with Gasteiger partial charge in [-0.05, 0) is 41.1 Å². The van der Waals surface area contributed by atoms with Crippen molar-refractivity contribution in [1.82, 2.24) is 9.97 Å². The van der Waals surface area contributed by atoms with Gasteiger partial charge in [-0.2, -0.15) is 0 Å². The molecule has 0 radical (unpaired) electrons. The first-order chi connectivity index (χ1) is 9.01. The third-order valence-electron chi connectivity index (χ3n) is 2.73. The number of anilines is 3. The highest BCUT2D eigenvalue weighted by molar-refractivity contribution is 9.11. The second-order valence-electron chi connectivity index (χ2n) is 4.10. The highest BCUT2D eigenvalue weighted by atomic mass is 79.9. The van der Waals surface area contributed by atoms with E-state index in [2.05, 4.69) is 47.1 Å². The van der Waals surface area contributed by atoms with E-state index in [-0.39, 0.29) is 0 Å². The Kier molecular flexibility index (Phi) is 4.42. The van der Waals surface area contributed by atoms with Crippen molar-refractivity contribution in [3.8, 4) is 0 Å². The Morgan fingerprint density at radius 2 is 2.00 bits per heavy atom. The van der Waals surface area contributed by atoms with E-state index in [1.807, 2.05) is 32.0 Å². The Balaban J connectivity index is 2.42. The maximum Gasteiger partial charge on any atom is 0.139 e. The highest BCUT2D eigenvalue weighted by Crippen LogP contribution is 2.30. The topological polar surface area (TPSA) is 63.8 Å². The van der Waals surface area contributed by atoms with E-state index in [1.165, 1.54) is 0 Å². The van der Waals surface area contributed by atoms with Crippen LogP contribution in [0.1, 0.15) is 18.3 Å². The van der Waals surface area contributed by atoms with Gasteiger partial charge in [0.15, 0.2) is 0 Å². The third kappa shape index (κ3) is 3.25. The summed E-state index contributed by atoms with van der Waals surface area (Å²) in [6.07, 6.45) is 0.749. The number of benzene rings is 1. The van der Waals surface area contributed by atoms with Gasteiger partial charge in [-0.25, -0.2) is 9.97 Å². The smallest absolute Gasteiger partial charge is 0.139 e. The summed E-state index contributed by atoms with van der Waals surface area (Å²) in [7, 11) is 0. The van der Waals surface area contributed by atoms with E-state index < -0.39 is 0 Å². The zero-order valence-corrected chi connectivity index (χ0v) is 13.8. The molecule has 0 aliphatic carbocycles. The van der Waals surface area contributed by atoms with Gasteiger partial charge in [0.05, 0.1) is 5.69 Å². The molecule has 0 bridgehead atoms. The van der Waals surface area contributed by atoms with Gasteiger partial charge in [0.2, 0.25) is 0 Å². The molecule has 0 unspecified atom stereocenters. The first-order valence-corrected chi connectivity index (χ1v) is 7.45. The molecule has 0 aliphatic heterocycles. The van der Waals surface area contributed by atoms with Crippen molar-refractivity contribution in [1.29, 1.82) is 0 Å². The molecule has 0 spiro atoms. The molecule has 0 fully saturated rings. The van der Waals surface area contributed by atoms with Crippen molar-refractivity contribution in [3.63, 3.8) is 0 Å². The van der Waals surface area contributed by atoms with Crippen LogP contribution in [0.2, 0.25) is 0 Å². The number of aromatic nitrogens is 2. The number of hydrogen-bond acceptors (Lipinski definition) is 4. The van der Waals surface area contributed by atoms with Crippen molar-refractivity contribution in [2.45, 2.75) is 20.3 Å². The summed E-state index contributed by atoms with van der Waals surface area (Å²) in [4.78, 5) is 8.72. The number of hydrogen-bond donors (Lipinski definition) is 2. The molecule has 100 valence electrons. The number of aryl methyl sites for hydroxylation is 1. The molecule has 0 saturated carbocycles. The molecule has 0 atom stereocenters. The molecular weight excluding hydrogens is 372 g/mol. The minimum Gasteiger partial charge on any atom is -0.383 e. The molecule has 0 saturated heterocycles. The summed E-state index contributed by atoms with van der Waals surface area (Å²) in [5, 5.41) is 3.29. The molecule has 2 aromatic rings. The molecule has 1 heterocycles. The maximum atomic E-state index is 5.91. The fourth-order valence-corrected chi connectivity index (χ4v) is 2.29. The molecule has 0 amide bonds. The molecular formula is C13H14Br2N4. The maximum absolute atomic E-state index is 5.91. The monoisotopic (exact) mass is 384 g/mol. The number of nitrogens with one attached hydrogen (secondary N) is 1. The minimum absolute atomic E-state index is 0.514. The Morgan fingerprint density at radius 3 is 2.68 bits per heavy atom. The van der Waals surface area contributed by atoms with Crippen LogP contribution in [-0.4, -0.2) is 9.97 Å². The summed E-state index contributed by atoms with van der Waals surface area (Å²) >= 11 is 6.96. The zero-order chi connectivity index (χ0) is 14.0. The predicted molar refractivity (Wildman–Crippen MR) is 85.7 cm³/mol. The fraction of sp³-hybridized carbons (Fsp3) is 0.231. The average Bonchev–Trinajstić information content (AvgIpc) is 2.38. The SMILES string of the molecule is CCc1nc(N)c(C)c(Nc2cc(Br)ccc2Br)n1. The number of nitrogen functional groups attached to an aromatic ring is 1. The number of halogens is 2. The van der Waals surface area contributed by atoms with Crippen LogP contribution >= 0.6 is 31.9 Å². The van der Waals surface area contributed by atoms with E-state index in [0.717, 1.165) is 38.3 Å². The van der Waals surface area contributed by atoms with Crippen molar-refractivity contribution < 1.29 is 0 Å². The first kappa shape index (κ1) is 14.3. The standard InChI is InChI=1S/C13H14Br2N4/c1-3-11-18-12(16)7(2)13(19-11)17-10-6-8(14)4-5-9(10)15/h4-6H,3H2,1-2H3,(H3,16,17,18,19). The minimum atomic E-state index is 0.514. The van der Waals surface area contributed by atoms with Crippen molar-refractivity contribution in [3.05, 3.63) is 38.5 Å². The average molecular weight is 386 g/mol. The second-order valence-corrected chi connectivity index (χ2v) is 5.87. The lowest BCUT2D eigenvalue weighted by molar-refractivity contribution is 0.940. The summed E-state index contributed by atoms with van der Waals surface area (Å²) in [5.74, 6) is 1.99. The van der Waals surface area contributed by atoms with E-state index >= 15 is 0 Å². The molecule has 1 aromatic carbocycles. The largest absolute Gasteiger partial charge is 0.383 e. The van der Waals surface area contributed by atoms with E-state index in [9.17, 15) is 0 Å². The first-order valence-electron chi connectivity index (χ1n) is 5.86. The van der Waals surface area contributed by atoms with Crippen LogP contribution in [-0.2, 0) is 6.42 Å². The van der Waals surface area contributed by atoms with Gasteiger partial charge >= 0.3 is 0 Å². The number of nitrogens with zero attached hydrogens (tertiary/aromatic N) is 2. The van der Waals surface area contributed by atoms with Crippen LogP contribution in [0.15, 0.2) is 27.1 Å². The van der Waals surface area contributed by atoms with Crippen LogP contribution in [0, 0.1) is 6.92 Å². The normalized spacial score (nSPS) is 10.5. The van der Waals surface area contributed by atoms with Crippen LogP contribution in [0.5, 0.6) is 0 Å². The lowest BCUT2D eigenvalue weighted by atomic mass is 10.2. The van der Waals surface area contributed by atoms with E-state index in [4.69, 9.17) is 5.73 Å². The highest BCUT2D eigenvalue weighted by Gasteiger charge is 2.09. The Bertz CT molecular complexity index is 614. The summed E-state index contributed by atoms with van der Waals surface area (Å²) < 4.78 is 1.96. The van der Waals surface area contributed by atoms with E-state index in [0.29, 0.717) is 5.82 Å². The third-order valence-corrected chi connectivity index (χ3v) is 3.91. The van der Waals surface area contributed by atoms with Gasteiger partial charge in [-0.15, -0.1) is 0 Å². The molecule has 1 aromatic heterocycles. The van der Waals surface area contributed by atoms with Gasteiger partial charge in [0, 0.05) is 20.9 Å². The molecule has 6 heteroatoms. The van der Waals surface area contributed by atoms with Crippen LogP contribution < -0.4 is 11.1 Å². The quantitative estimate of drug-likeness (QED) is 0.830. The van der Waals surface area contributed by atoms with Crippen LogP contribution in [0.3, 0.4) is 0 Å². The van der Waals surface area contributed by atoms with Crippen molar-refractivity contribution >= 4 is 49.2 Å². The fourth-order valence-electron chi connectivity index (χ4n) is 1.58. The second kappa shape index (κ2) is 5.88. The summed E-state index contributed by atoms with van der Waals surface area (Å²) in [6, 6.07) is 5.91. The zero-order valence-electron chi connectivity index (χ0n) is 10.7. The van der Waals surface area contributed by atoms with Crippen LogP contribution in [0.25, 0.3) is 0 Å². The van der Waals surface area contributed by atoms with Gasteiger partial charge in [0.1, 0.15) is 17.5 Å². The number of rotatable bonds is 3. The van der Waals surface area contributed by atoms with Gasteiger partial charge in [0.25, 0.3) is 0 Å². The Morgan fingerprint density at radius 1 is 1.26 bits per heavy atom. The van der Waals surface area contributed by atoms with Gasteiger partial charge in [-0.1, -0.05) is 22.9 Å². The van der Waals surface area contributed by atoms with Gasteiger partial charge < -0.3 is 11.1 Å². The molecule has 4 nitrogen and oxygen atoms in total. The predicted octanol–water partition coefficient (Wildman–Crippen LogP) is 4.20.